The number of methoxy groups -OCH3 is 2. The van der Waals surface area contributed by atoms with Gasteiger partial charge in [0.2, 0.25) is 0 Å². The topological polar surface area (TPSA) is 75.2 Å². The maximum absolute atomic E-state index is 13.7. The Morgan fingerprint density at radius 3 is 2.53 bits per heavy atom. The number of benzene rings is 1. The first-order chi connectivity index (χ1) is 16.5. The largest absolute Gasteiger partial charge is 0.497 e. The quantitative estimate of drug-likeness (QED) is 0.529. The molecule has 0 N–H and O–H groups in total. The van der Waals surface area contributed by atoms with E-state index in [1.54, 1.807) is 31.5 Å². The van der Waals surface area contributed by atoms with Crippen LogP contribution in [-0.2, 0) is 22.5 Å². The van der Waals surface area contributed by atoms with Crippen molar-refractivity contribution < 1.29 is 19.1 Å². The average molecular weight is 467 g/mol. The Morgan fingerprint density at radius 2 is 1.85 bits per heavy atom. The van der Waals surface area contributed by atoms with Crippen LogP contribution in [0.4, 0.5) is 4.79 Å². The summed E-state index contributed by atoms with van der Waals surface area (Å²) in [6.07, 6.45) is 5.53. The lowest BCUT2D eigenvalue weighted by atomic mass is 9.85. The molecule has 0 radical (unpaired) electrons. The molecule has 34 heavy (non-hydrogen) atoms. The van der Waals surface area contributed by atoms with E-state index in [0.29, 0.717) is 32.0 Å². The van der Waals surface area contributed by atoms with Gasteiger partial charge in [-0.1, -0.05) is 18.2 Å². The molecule has 0 saturated carbocycles. The first-order valence-electron chi connectivity index (χ1n) is 11.9. The van der Waals surface area contributed by atoms with Crippen LogP contribution in [0.1, 0.15) is 30.9 Å². The van der Waals surface area contributed by atoms with E-state index in [0.717, 1.165) is 30.8 Å². The summed E-state index contributed by atoms with van der Waals surface area (Å²) < 4.78 is 10.6. The third-order valence-corrected chi connectivity index (χ3v) is 7.12. The Kier molecular flexibility index (Phi) is 7.48. The zero-order valence-electron chi connectivity index (χ0n) is 20.3. The SMILES string of the molecule is COCCN1C(=O)N(Cc2cccnc2)C(=O)C12CCN([C@H](C)Cc1cccc(OC)c1)CC2. The third-order valence-electron chi connectivity index (χ3n) is 7.12. The molecule has 1 aromatic carbocycles. The summed E-state index contributed by atoms with van der Waals surface area (Å²) in [5.74, 6) is 0.761. The molecular weight excluding hydrogens is 432 g/mol. The van der Waals surface area contributed by atoms with Gasteiger partial charge in [0, 0.05) is 45.2 Å². The molecule has 3 amide bonds. The number of urea groups is 1. The van der Waals surface area contributed by atoms with Gasteiger partial charge >= 0.3 is 6.03 Å². The highest BCUT2D eigenvalue weighted by atomic mass is 16.5. The normalized spacial score (nSPS) is 19.1. The molecular formula is C26H34N4O4. The van der Waals surface area contributed by atoms with Crippen molar-refractivity contribution in [2.75, 3.05) is 40.5 Å². The maximum Gasteiger partial charge on any atom is 0.328 e. The molecule has 182 valence electrons. The molecule has 2 saturated heterocycles. The molecule has 2 aliphatic heterocycles. The van der Waals surface area contributed by atoms with Crippen molar-refractivity contribution in [3.63, 3.8) is 0 Å². The van der Waals surface area contributed by atoms with E-state index in [9.17, 15) is 9.59 Å². The van der Waals surface area contributed by atoms with Gasteiger partial charge in [-0.15, -0.1) is 0 Å². The van der Waals surface area contributed by atoms with Crippen LogP contribution in [-0.4, -0.2) is 83.7 Å². The van der Waals surface area contributed by atoms with Gasteiger partial charge in [0.25, 0.3) is 5.91 Å². The zero-order valence-corrected chi connectivity index (χ0v) is 20.3. The highest BCUT2D eigenvalue weighted by molar-refractivity contribution is 6.07. The van der Waals surface area contributed by atoms with Gasteiger partial charge in [0.05, 0.1) is 20.3 Å². The molecule has 2 aromatic rings. The Balaban J connectivity index is 1.47. The molecule has 8 nitrogen and oxygen atoms in total. The first-order valence-corrected chi connectivity index (χ1v) is 11.9. The number of rotatable bonds is 9. The van der Waals surface area contributed by atoms with E-state index >= 15 is 0 Å². The molecule has 8 heteroatoms. The number of carbonyl (C=O) groups is 2. The molecule has 0 aliphatic carbocycles. The van der Waals surface area contributed by atoms with Crippen LogP contribution in [0, 0.1) is 0 Å². The van der Waals surface area contributed by atoms with Crippen molar-refractivity contribution in [3.8, 4) is 5.75 Å². The highest BCUT2D eigenvalue weighted by Crippen LogP contribution is 2.38. The van der Waals surface area contributed by atoms with Gasteiger partial charge in [0.1, 0.15) is 11.3 Å². The van der Waals surface area contributed by atoms with E-state index in [4.69, 9.17) is 9.47 Å². The van der Waals surface area contributed by atoms with Crippen LogP contribution in [0.3, 0.4) is 0 Å². The zero-order chi connectivity index (χ0) is 24.1. The van der Waals surface area contributed by atoms with Crippen LogP contribution in [0.2, 0.25) is 0 Å². The lowest BCUT2D eigenvalue weighted by Gasteiger charge is -2.44. The monoisotopic (exact) mass is 466 g/mol. The molecule has 1 aromatic heterocycles. The fourth-order valence-electron chi connectivity index (χ4n) is 5.18. The minimum atomic E-state index is -0.802. The van der Waals surface area contributed by atoms with E-state index in [1.165, 1.54) is 10.5 Å². The number of imide groups is 1. The van der Waals surface area contributed by atoms with Gasteiger partial charge in [-0.25, -0.2) is 4.79 Å². The average Bonchev–Trinajstić information content (AvgIpc) is 3.04. The van der Waals surface area contributed by atoms with E-state index in [-0.39, 0.29) is 18.5 Å². The molecule has 2 aliphatic rings. The maximum atomic E-state index is 13.7. The highest BCUT2D eigenvalue weighted by Gasteiger charge is 2.57. The molecule has 0 unspecified atom stereocenters. The predicted octanol–water partition coefficient (Wildman–Crippen LogP) is 2.97. The number of aromatic nitrogens is 1. The fourth-order valence-corrected chi connectivity index (χ4v) is 5.18. The van der Waals surface area contributed by atoms with Gasteiger partial charge in [0.15, 0.2) is 0 Å². The number of hydrogen-bond donors (Lipinski definition) is 0. The smallest absolute Gasteiger partial charge is 0.328 e. The summed E-state index contributed by atoms with van der Waals surface area (Å²) in [6.45, 7) is 4.79. The predicted molar refractivity (Wildman–Crippen MR) is 128 cm³/mol. The van der Waals surface area contributed by atoms with Gasteiger partial charge < -0.3 is 19.3 Å². The van der Waals surface area contributed by atoms with Crippen LogP contribution >= 0.6 is 0 Å². The number of carbonyl (C=O) groups excluding carboxylic acids is 2. The second-order valence-electron chi connectivity index (χ2n) is 9.15. The molecule has 2 fully saturated rings. The first kappa shape index (κ1) is 24.2. The summed E-state index contributed by atoms with van der Waals surface area (Å²) in [4.78, 5) is 36.7. The lowest BCUT2D eigenvalue weighted by molar-refractivity contribution is -0.136. The van der Waals surface area contributed by atoms with Gasteiger partial charge in [-0.05, 0) is 55.5 Å². The Morgan fingerprint density at radius 1 is 1.09 bits per heavy atom. The molecule has 3 heterocycles. The summed E-state index contributed by atoms with van der Waals surface area (Å²) >= 11 is 0. The summed E-state index contributed by atoms with van der Waals surface area (Å²) in [6, 6.07) is 11.9. The van der Waals surface area contributed by atoms with Crippen LogP contribution < -0.4 is 4.74 Å². The Labute approximate surface area is 201 Å². The minimum absolute atomic E-state index is 0.0995. The van der Waals surface area contributed by atoms with Crippen molar-refractivity contribution >= 4 is 11.9 Å². The molecule has 1 atom stereocenters. The summed E-state index contributed by atoms with van der Waals surface area (Å²) in [5, 5.41) is 0. The molecule has 0 bridgehead atoms. The molecule has 4 rings (SSSR count). The van der Waals surface area contributed by atoms with Crippen molar-refractivity contribution in [2.24, 2.45) is 0 Å². The van der Waals surface area contributed by atoms with Crippen LogP contribution in [0.5, 0.6) is 5.75 Å². The van der Waals surface area contributed by atoms with Crippen molar-refractivity contribution in [3.05, 3.63) is 59.9 Å². The summed E-state index contributed by atoms with van der Waals surface area (Å²) in [7, 11) is 3.30. The number of amides is 3. The van der Waals surface area contributed by atoms with Crippen molar-refractivity contribution in [1.82, 2.24) is 19.7 Å². The standard InChI is InChI=1S/C26H34N4O4/c1-20(16-21-6-4-8-23(17-21)34-3)28-12-9-26(10-13-28)24(31)29(19-22-7-5-11-27-18-22)25(32)30(26)14-15-33-2/h4-8,11,17-18,20H,9-10,12-16,19H2,1-3H3/t20-/m1/s1. The van der Waals surface area contributed by atoms with E-state index < -0.39 is 5.54 Å². The number of hydrogen-bond acceptors (Lipinski definition) is 6. The fraction of sp³-hybridized carbons (Fsp3) is 0.500. The number of piperidine rings is 1. The minimum Gasteiger partial charge on any atom is -0.497 e. The van der Waals surface area contributed by atoms with Gasteiger partial charge in [-0.3, -0.25) is 14.7 Å². The third kappa shape index (κ3) is 4.79. The Bertz CT molecular complexity index is 991. The molecule has 1 spiro atoms. The van der Waals surface area contributed by atoms with E-state index in [1.807, 2.05) is 24.3 Å². The van der Waals surface area contributed by atoms with Gasteiger partial charge in [-0.2, -0.15) is 0 Å². The second-order valence-corrected chi connectivity index (χ2v) is 9.15. The number of ether oxygens (including phenoxy) is 2. The number of pyridine rings is 1. The van der Waals surface area contributed by atoms with Crippen LogP contribution in [0.25, 0.3) is 0 Å². The van der Waals surface area contributed by atoms with E-state index in [2.05, 4.69) is 28.9 Å². The van der Waals surface area contributed by atoms with Crippen molar-refractivity contribution in [1.29, 1.82) is 0 Å². The second kappa shape index (κ2) is 10.5. The Hall–Kier alpha value is -2.97. The lowest BCUT2D eigenvalue weighted by Crippen LogP contribution is -2.58. The van der Waals surface area contributed by atoms with Crippen molar-refractivity contribution in [2.45, 2.75) is 44.3 Å². The number of likely N-dealkylation sites (tertiary alicyclic amines) is 1. The number of nitrogens with zero attached hydrogens (tertiary/aromatic N) is 4. The summed E-state index contributed by atoms with van der Waals surface area (Å²) in [5.41, 5.74) is 1.27. The van der Waals surface area contributed by atoms with Crippen LogP contribution in [0.15, 0.2) is 48.8 Å².